The fourth-order valence-corrected chi connectivity index (χ4v) is 2.51. The third-order valence-corrected chi connectivity index (χ3v) is 3.65. The number of amides is 1. The van der Waals surface area contributed by atoms with Crippen LogP contribution in [0.1, 0.15) is 17.5 Å². The van der Waals surface area contributed by atoms with Crippen molar-refractivity contribution < 1.29 is 14.7 Å². The summed E-state index contributed by atoms with van der Waals surface area (Å²) >= 11 is 0. The predicted octanol–water partition coefficient (Wildman–Crippen LogP) is 3.11. The van der Waals surface area contributed by atoms with Gasteiger partial charge in [-0.25, -0.2) is 0 Å². The minimum Gasteiger partial charge on any atom is -0.481 e. The standard InChI is InChI=1S/C18H16N2O3/c21-17(22)9-8-12-4-3-5-13(10-12)19-11-15-14-6-1-2-7-16(14)20-18(15)23/h1-7,10-11,19H,8-9H2,(H,20,23)(H,21,22). The van der Waals surface area contributed by atoms with Crippen LogP contribution in [0.5, 0.6) is 0 Å². The number of anilines is 2. The van der Waals surface area contributed by atoms with Gasteiger partial charge in [-0.15, -0.1) is 0 Å². The quantitative estimate of drug-likeness (QED) is 0.742. The van der Waals surface area contributed by atoms with Gasteiger partial charge in [0.25, 0.3) is 5.91 Å². The average molecular weight is 308 g/mol. The van der Waals surface area contributed by atoms with Crippen molar-refractivity contribution in [3.8, 4) is 0 Å². The smallest absolute Gasteiger partial charge is 0.303 e. The number of carbonyl (C=O) groups excluding carboxylic acids is 1. The first kappa shape index (κ1) is 14.8. The van der Waals surface area contributed by atoms with E-state index in [1.54, 1.807) is 6.20 Å². The molecule has 0 radical (unpaired) electrons. The van der Waals surface area contributed by atoms with Gasteiger partial charge < -0.3 is 15.7 Å². The second kappa shape index (κ2) is 6.36. The van der Waals surface area contributed by atoms with Gasteiger partial charge in [-0.1, -0.05) is 30.3 Å². The van der Waals surface area contributed by atoms with Crippen LogP contribution in [-0.2, 0) is 16.0 Å². The predicted molar refractivity (Wildman–Crippen MR) is 89.1 cm³/mol. The van der Waals surface area contributed by atoms with Crippen LogP contribution in [0.15, 0.2) is 54.7 Å². The van der Waals surface area contributed by atoms with Gasteiger partial charge in [0.2, 0.25) is 0 Å². The van der Waals surface area contributed by atoms with Crippen LogP contribution >= 0.6 is 0 Å². The van der Waals surface area contributed by atoms with Crippen molar-refractivity contribution in [2.24, 2.45) is 0 Å². The lowest BCUT2D eigenvalue weighted by molar-refractivity contribution is -0.137. The van der Waals surface area contributed by atoms with Gasteiger partial charge in [-0.05, 0) is 30.2 Å². The van der Waals surface area contributed by atoms with E-state index in [0.717, 1.165) is 22.5 Å². The van der Waals surface area contributed by atoms with Crippen molar-refractivity contribution in [2.45, 2.75) is 12.8 Å². The maximum Gasteiger partial charge on any atom is 0.303 e. The zero-order valence-corrected chi connectivity index (χ0v) is 12.4. The fourth-order valence-electron chi connectivity index (χ4n) is 2.51. The van der Waals surface area contributed by atoms with Gasteiger partial charge in [0.1, 0.15) is 0 Å². The second-order valence-corrected chi connectivity index (χ2v) is 5.30. The summed E-state index contributed by atoms with van der Waals surface area (Å²) in [6, 6.07) is 15.0. The van der Waals surface area contributed by atoms with E-state index >= 15 is 0 Å². The Labute approximate surface area is 133 Å². The number of fused-ring (bicyclic) bond motifs is 1. The van der Waals surface area contributed by atoms with E-state index in [1.807, 2.05) is 48.5 Å². The summed E-state index contributed by atoms with van der Waals surface area (Å²) in [5.41, 5.74) is 4.01. The van der Waals surface area contributed by atoms with Gasteiger partial charge >= 0.3 is 5.97 Å². The Morgan fingerprint density at radius 3 is 2.83 bits per heavy atom. The van der Waals surface area contributed by atoms with E-state index in [0.29, 0.717) is 12.0 Å². The lowest BCUT2D eigenvalue weighted by Crippen LogP contribution is -2.05. The van der Waals surface area contributed by atoms with Crippen molar-refractivity contribution in [1.29, 1.82) is 0 Å². The number of carbonyl (C=O) groups is 2. The first-order valence-corrected chi connectivity index (χ1v) is 7.32. The van der Waals surface area contributed by atoms with Crippen LogP contribution in [0, 0.1) is 0 Å². The van der Waals surface area contributed by atoms with Gasteiger partial charge in [-0.3, -0.25) is 9.59 Å². The number of benzene rings is 2. The Kier molecular flexibility index (Phi) is 4.10. The highest BCUT2D eigenvalue weighted by Gasteiger charge is 2.23. The molecule has 1 aliphatic heterocycles. The Balaban J connectivity index is 1.76. The molecule has 0 aliphatic carbocycles. The first-order chi connectivity index (χ1) is 11.1. The van der Waals surface area contributed by atoms with Gasteiger partial charge in [0.15, 0.2) is 0 Å². The molecule has 1 heterocycles. The molecule has 2 aromatic carbocycles. The van der Waals surface area contributed by atoms with Crippen molar-refractivity contribution in [2.75, 3.05) is 10.6 Å². The molecule has 0 saturated carbocycles. The van der Waals surface area contributed by atoms with E-state index in [9.17, 15) is 9.59 Å². The van der Waals surface area contributed by atoms with Crippen LogP contribution in [0.25, 0.3) is 5.57 Å². The lowest BCUT2D eigenvalue weighted by atomic mass is 10.1. The molecule has 0 bridgehead atoms. The molecule has 0 fully saturated rings. The average Bonchev–Trinajstić information content (AvgIpc) is 2.87. The zero-order valence-electron chi connectivity index (χ0n) is 12.4. The molecule has 0 atom stereocenters. The Morgan fingerprint density at radius 2 is 2.00 bits per heavy atom. The molecule has 0 spiro atoms. The SMILES string of the molecule is O=C(O)CCc1cccc(NC=C2C(=O)Nc3ccccc32)c1. The number of para-hydroxylation sites is 1. The molecular weight excluding hydrogens is 292 g/mol. The summed E-state index contributed by atoms with van der Waals surface area (Å²) in [5.74, 6) is -0.953. The molecular formula is C18H16N2O3. The van der Waals surface area contributed by atoms with Crippen molar-refractivity contribution >= 4 is 28.8 Å². The fraction of sp³-hybridized carbons (Fsp3) is 0.111. The highest BCUT2D eigenvalue weighted by atomic mass is 16.4. The van der Waals surface area contributed by atoms with E-state index in [1.165, 1.54) is 0 Å². The second-order valence-electron chi connectivity index (χ2n) is 5.30. The largest absolute Gasteiger partial charge is 0.481 e. The maximum atomic E-state index is 12.0. The molecule has 3 rings (SSSR count). The van der Waals surface area contributed by atoms with Gasteiger partial charge in [0.05, 0.1) is 5.57 Å². The molecule has 23 heavy (non-hydrogen) atoms. The van der Waals surface area contributed by atoms with Crippen LogP contribution in [0.2, 0.25) is 0 Å². The zero-order chi connectivity index (χ0) is 16.2. The molecule has 0 unspecified atom stereocenters. The first-order valence-electron chi connectivity index (χ1n) is 7.32. The molecule has 2 aromatic rings. The number of hydrogen-bond donors (Lipinski definition) is 3. The van der Waals surface area contributed by atoms with Crippen LogP contribution in [0.3, 0.4) is 0 Å². The van der Waals surface area contributed by atoms with E-state index < -0.39 is 5.97 Å². The topological polar surface area (TPSA) is 78.4 Å². The summed E-state index contributed by atoms with van der Waals surface area (Å²) in [5, 5.41) is 14.7. The number of hydrogen-bond acceptors (Lipinski definition) is 3. The van der Waals surface area contributed by atoms with E-state index in [4.69, 9.17) is 5.11 Å². The molecule has 5 heteroatoms. The molecule has 1 aliphatic rings. The lowest BCUT2D eigenvalue weighted by Gasteiger charge is -2.05. The molecule has 0 saturated heterocycles. The maximum absolute atomic E-state index is 12.0. The number of carboxylic acids is 1. The Hall–Kier alpha value is -3.08. The number of aryl methyl sites for hydroxylation is 1. The van der Waals surface area contributed by atoms with E-state index in [2.05, 4.69) is 10.6 Å². The summed E-state index contributed by atoms with van der Waals surface area (Å²) in [6.45, 7) is 0. The summed E-state index contributed by atoms with van der Waals surface area (Å²) in [4.78, 5) is 22.7. The van der Waals surface area contributed by atoms with Crippen molar-refractivity contribution in [3.05, 3.63) is 65.9 Å². The Bertz CT molecular complexity index is 796. The molecule has 3 N–H and O–H groups in total. The van der Waals surface area contributed by atoms with Gasteiger partial charge in [0, 0.05) is 29.6 Å². The van der Waals surface area contributed by atoms with Crippen molar-refractivity contribution in [3.63, 3.8) is 0 Å². The molecule has 5 nitrogen and oxygen atoms in total. The monoisotopic (exact) mass is 308 g/mol. The normalized spacial score (nSPS) is 14.4. The molecule has 116 valence electrons. The number of rotatable bonds is 5. The number of carboxylic acid groups (broad SMARTS) is 1. The van der Waals surface area contributed by atoms with Crippen LogP contribution in [0.4, 0.5) is 11.4 Å². The number of nitrogens with one attached hydrogen (secondary N) is 2. The molecule has 0 aromatic heterocycles. The third kappa shape index (κ3) is 3.40. The summed E-state index contributed by atoms with van der Waals surface area (Å²) < 4.78 is 0. The van der Waals surface area contributed by atoms with E-state index in [-0.39, 0.29) is 12.3 Å². The number of aliphatic carboxylic acids is 1. The highest BCUT2D eigenvalue weighted by Crippen LogP contribution is 2.31. The Morgan fingerprint density at radius 1 is 1.17 bits per heavy atom. The van der Waals surface area contributed by atoms with Crippen molar-refractivity contribution in [1.82, 2.24) is 0 Å². The highest BCUT2D eigenvalue weighted by molar-refractivity contribution is 6.31. The van der Waals surface area contributed by atoms with Gasteiger partial charge in [-0.2, -0.15) is 0 Å². The third-order valence-electron chi connectivity index (χ3n) is 3.65. The minimum absolute atomic E-state index is 0.0975. The summed E-state index contributed by atoms with van der Waals surface area (Å²) in [6.07, 6.45) is 2.25. The minimum atomic E-state index is -0.815. The summed E-state index contributed by atoms with van der Waals surface area (Å²) in [7, 11) is 0. The van der Waals surface area contributed by atoms with Crippen LogP contribution in [-0.4, -0.2) is 17.0 Å². The molecule has 1 amide bonds. The van der Waals surface area contributed by atoms with Crippen LogP contribution < -0.4 is 10.6 Å².